The molecule has 36 heavy (non-hydrogen) atoms. The van der Waals surface area contributed by atoms with Crippen LogP contribution in [0.4, 0.5) is 17.1 Å². The lowest BCUT2D eigenvalue weighted by Crippen LogP contribution is -2.22. The fraction of sp³-hybridized carbons (Fsp3) is 0.0769. The van der Waals surface area contributed by atoms with E-state index in [1.165, 1.54) is 12.1 Å². The van der Waals surface area contributed by atoms with Gasteiger partial charge in [-0.25, -0.2) is 4.74 Å². The number of anilines is 1. The fourth-order valence-electron chi connectivity index (χ4n) is 3.58. The second-order valence-corrected chi connectivity index (χ2v) is 13.1. The number of halogens is 3. The van der Waals surface area contributed by atoms with Crippen molar-refractivity contribution in [3.05, 3.63) is 115 Å². The van der Waals surface area contributed by atoms with Crippen LogP contribution in [0.25, 0.3) is 0 Å². The molecule has 4 rings (SSSR count). The van der Waals surface area contributed by atoms with Gasteiger partial charge in [0.05, 0.1) is 17.6 Å². The summed E-state index contributed by atoms with van der Waals surface area (Å²) in [6.45, 7) is 2.19. The van der Waals surface area contributed by atoms with E-state index in [1.54, 1.807) is 6.07 Å². The summed E-state index contributed by atoms with van der Waals surface area (Å²) < 4.78 is 14.0. The maximum Gasteiger partial charge on any atom is 0.273 e. The van der Waals surface area contributed by atoms with Gasteiger partial charge in [-0.15, -0.1) is 0 Å². The summed E-state index contributed by atoms with van der Waals surface area (Å²) in [6, 6.07) is 28.6. The molecule has 0 aromatic heterocycles. The minimum Gasteiger partial charge on any atom is -0.491 e. The van der Waals surface area contributed by atoms with E-state index in [9.17, 15) is 10.1 Å². The zero-order chi connectivity index (χ0) is 25.7. The van der Waals surface area contributed by atoms with Gasteiger partial charge in [-0.05, 0) is 85.8 Å². The summed E-state index contributed by atoms with van der Waals surface area (Å²) in [7, 11) is -2.72. The number of benzene rings is 4. The van der Waals surface area contributed by atoms with Gasteiger partial charge in [0.1, 0.15) is 12.9 Å². The minimum atomic E-state index is -2.72. The molecule has 0 saturated carbocycles. The molecule has 4 aromatic carbocycles. The fourth-order valence-corrected chi connectivity index (χ4v) is 7.38. The van der Waals surface area contributed by atoms with E-state index in [2.05, 4.69) is 52.9 Å². The van der Waals surface area contributed by atoms with Crippen molar-refractivity contribution in [2.75, 3.05) is 11.7 Å². The van der Waals surface area contributed by atoms with Gasteiger partial charge >= 0.3 is 0 Å². The zero-order valence-corrected chi connectivity index (χ0v) is 24.7. The van der Waals surface area contributed by atoms with Crippen molar-refractivity contribution in [2.45, 2.75) is 6.92 Å². The first-order valence-corrected chi connectivity index (χ1v) is 15.0. The van der Waals surface area contributed by atoms with E-state index in [0.29, 0.717) is 18.0 Å². The van der Waals surface area contributed by atoms with Gasteiger partial charge in [0, 0.05) is 35.8 Å². The standard InChI is InChI=1S/C26H21Br3N3O3P/c1-2-35-26-17-22(32(33)34)11-16-25(26)31-36(23-12-5-19(28)6-13-23,24-14-7-20(29)8-15-24)30-21-9-3-18(27)4-10-21/h3-17,30H,2H2,1H3. The number of hydrogen-bond acceptors (Lipinski definition) is 4. The third-order valence-corrected chi connectivity index (χ3v) is 10.0. The van der Waals surface area contributed by atoms with Crippen LogP contribution in [-0.4, -0.2) is 11.5 Å². The van der Waals surface area contributed by atoms with Crippen LogP contribution in [-0.2, 0) is 0 Å². The molecule has 0 unspecified atom stereocenters. The van der Waals surface area contributed by atoms with Crippen LogP contribution in [0, 0.1) is 10.1 Å². The zero-order valence-electron chi connectivity index (χ0n) is 19.1. The first kappa shape index (κ1) is 26.6. The molecule has 0 fully saturated rings. The molecule has 0 heterocycles. The predicted molar refractivity (Wildman–Crippen MR) is 159 cm³/mol. The molecule has 1 N–H and O–H groups in total. The molecule has 10 heteroatoms. The molecule has 184 valence electrons. The van der Waals surface area contributed by atoms with Crippen molar-refractivity contribution < 1.29 is 9.66 Å². The number of nitrogens with one attached hydrogen (secondary N) is 1. The number of nitrogens with zero attached hydrogens (tertiary/aromatic N) is 2. The summed E-state index contributed by atoms with van der Waals surface area (Å²) in [6.07, 6.45) is 0. The monoisotopic (exact) mass is 691 g/mol. The van der Waals surface area contributed by atoms with E-state index in [0.717, 1.165) is 29.7 Å². The second kappa shape index (κ2) is 11.7. The first-order chi connectivity index (χ1) is 17.3. The molecule has 6 nitrogen and oxygen atoms in total. The largest absolute Gasteiger partial charge is 0.491 e. The average molecular weight is 694 g/mol. The number of ether oxygens (including phenoxy) is 1. The molecule has 0 spiro atoms. The van der Waals surface area contributed by atoms with Crippen molar-refractivity contribution >= 4 is 82.7 Å². The third kappa shape index (κ3) is 6.09. The van der Waals surface area contributed by atoms with Gasteiger partial charge in [0.25, 0.3) is 5.69 Å². The smallest absolute Gasteiger partial charge is 0.273 e. The maximum atomic E-state index is 11.4. The molecule has 4 aromatic rings. The molecule has 0 aliphatic heterocycles. The Morgan fingerprint density at radius 3 is 1.81 bits per heavy atom. The van der Waals surface area contributed by atoms with Gasteiger partial charge < -0.3 is 9.82 Å². The van der Waals surface area contributed by atoms with Crippen molar-refractivity contribution in [1.82, 2.24) is 0 Å². The SMILES string of the molecule is CCOc1cc([N+](=O)[O-])ccc1N=P(Nc1ccc(Br)cc1)(c1ccc(Br)cc1)c1ccc(Br)cc1. The highest BCUT2D eigenvalue weighted by Crippen LogP contribution is 2.52. The number of nitro groups is 1. The van der Waals surface area contributed by atoms with Crippen molar-refractivity contribution in [3.8, 4) is 5.75 Å². The van der Waals surface area contributed by atoms with E-state index in [4.69, 9.17) is 9.48 Å². The van der Waals surface area contributed by atoms with Gasteiger partial charge in [-0.3, -0.25) is 10.1 Å². The number of nitro benzene ring substituents is 1. The Kier molecular flexibility index (Phi) is 8.67. The van der Waals surface area contributed by atoms with Gasteiger partial charge in [0.2, 0.25) is 0 Å². The quantitative estimate of drug-likeness (QED) is 0.114. The molecule has 0 bridgehead atoms. The number of rotatable bonds is 8. The van der Waals surface area contributed by atoms with Gasteiger partial charge in [0.15, 0.2) is 5.75 Å². The van der Waals surface area contributed by atoms with E-state index < -0.39 is 12.1 Å². The van der Waals surface area contributed by atoms with Gasteiger partial charge in [-0.2, -0.15) is 0 Å². The summed E-state index contributed by atoms with van der Waals surface area (Å²) in [5.74, 6) is 0.364. The Hall–Kier alpha value is -2.45. The Labute approximate surface area is 234 Å². The molecule has 0 radical (unpaired) electrons. The highest BCUT2D eigenvalue weighted by Gasteiger charge is 2.27. The Balaban J connectivity index is 2.06. The molecule has 0 atom stereocenters. The molecular weight excluding hydrogens is 673 g/mol. The summed E-state index contributed by atoms with van der Waals surface area (Å²) >= 11 is 10.6. The van der Waals surface area contributed by atoms with Crippen molar-refractivity contribution in [1.29, 1.82) is 0 Å². The predicted octanol–water partition coefficient (Wildman–Crippen LogP) is 8.79. The molecule has 0 amide bonds. The van der Waals surface area contributed by atoms with Crippen LogP contribution in [0.2, 0.25) is 0 Å². The van der Waals surface area contributed by atoms with Crippen LogP contribution >= 0.6 is 55.0 Å². The molecule has 0 aliphatic rings. The Bertz CT molecular complexity index is 1380. The highest BCUT2D eigenvalue weighted by atomic mass is 79.9. The lowest BCUT2D eigenvalue weighted by molar-refractivity contribution is -0.384. The van der Waals surface area contributed by atoms with Crippen LogP contribution in [0.3, 0.4) is 0 Å². The lowest BCUT2D eigenvalue weighted by atomic mass is 10.2. The van der Waals surface area contributed by atoms with E-state index >= 15 is 0 Å². The van der Waals surface area contributed by atoms with Crippen molar-refractivity contribution in [2.24, 2.45) is 4.74 Å². The average Bonchev–Trinajstić information content (AvgIpc) is 2.87. The Morgan fingerprint density at radius 1 is 0.833 bits per heavy atom. The molecule has 0 aliphatic carbocycles. The lowest BCUT2D eigenvalue weighted by Gasteiger charge is -2.29. The van der Waals surface area contributed by atoms with Crippen LogP contribution in [0.1, 0.15) is 6.92 Å². The first-order valence-electron chi connectivity index (χ1n) is 10.9. The minimum absolute atomic E-state index is 0.0468. The van der Waals surface area contributed by atoms with Gasteiger partial charge in [-0.1, -0.05) is 47.8 Å². The van der Waals surface area contributed by atoms with Crippen LogP contribution in [0.15, 0.2) is 109 Å². The topological polar surface area (TPSA) is 76.8 Å². The number of hydrogen-bond donors (Lipinski definition) is 1. The Morgan fingerprint density at radius 2 is 1.33 bits per heavy atom. The maximum absolute atomic E-state index is 11.4. The van der Waals surface area contributed by atoms with Crippen LogP contribution < -0.4 is 20.4 Å². The van der Waals surface area contributed by atoms with E-state index in [-0.39, 0.29) is 5.69 Å². The van der Waals surface area contributed by atoms with E-state index in [1.807, 2.05) is 79.7 Å². The summed E-state index contributed by atoms with van der Waals surface area (Å²) in [5, 5.41) is 17.1. The molecule has 0 saturated heterocycles. The summed E-state index contributed by atoms with van der Waals surface area (Å²) in [4.78, 5) is 11.0. The second-order valence-electron chi connectivity index (χ2n) is 7.65. The third-order valence-electron chi connectivity index (χ3n) is 5.25. The molecular formula is C26H21Br3N3O3P. The van der Waals surface area contributed by atoms with Crippen molar-refractivity contribution in [3.63, 3.8) is 0 Å². The number of non-ortho nitro benzene ring substituents is 1. The highest BCUT2D eigenvalue weighted by molar-refractivity contribution is 9.11. The summed E-state index contributed by atoms with van der Waals surface area (Å²) in [5.41, 5.74) is 1.38. The van der Waals surface area contributed by atoms with Crippen LogP contribution in [0.5, 0.6) is 5.75 Å². The normalized spacial score (nSPS) is 11.1.